The Kier molecular flexibility index (Phi) is 5.42. The summed E-state index contributed by atoms with van der Waals surface area (Å²) in [5.41, 5.74) is 0.241. The van der Waals surface area contributed by atoms with Crippen LogP contribution in [0.4, 0.5) is 0 Å². The normalized spacial score (nSPS) is 12.6. The van der Waals surface area contributed by atoms with E-state index < -0.39 is 5.97 Å². The van der Waals surface area contributed by atoms with Gasteiger partial charge in [-0.15, -0.1) is 0 Å². The molecule has 2 N–H and O–H groups in total. The number of nitrogens with one attached hydrogen (secondary N) is 1. The van der Waals surface area contributed by atoms with Crippen molar-refractivity contribution in [3.8, 4) is 0 Å². The Bertz CT molecular complexity index is 338. The monoisotopic (exact) mass is 243 g/mol. The van der Waals surface area contributed by atoms with Gasteiger partial charge in [-0.3, -0.25) is 0 Å². The second kappa shape index (κ2) is 6.60. The van der Waals surface area contributed by atoms with E-state index in [1.807, 2.05) is 11.8 Å². The molecule has 1 heterocycles. The van der Waals surface area contributed by atoms with Gasteiger partial charge in [0, 0.05) is 0 Å². The van der Waals surface area contributed by atoms with Gasteiger partial charge in [0.05, 0.1) is 12.8 Å². The molecule has 0 aromatic carbocycles. The third kappa shape index (κ3) is 3.90. The van der Waals surface area contributed by atoms with Crippen molar-refractivity contribution in [1.82, 2.24) is 5.32 Å². The van der Waals surface area contributed by atoms with Crippen LogP contribution in [-0.2, 0) is 6.54 Å². The van der Waals surface area contributed by atoms with Crippen LogP contribution in [0.1, 0.15) is 23.0 Å². The predicted octanol–water partition coefficient (Wildman–Crippen LogP) is 2.07. The lowest BCUT2D eigenvalue weighted by atomic mass is 10.2. The van der Waals surface area contributed by atoms with Crippen LogP contribution < -0.4 is 5.32 Å². The zero-order valence-electron chi connectivity index (χ0n) is 9.53. The molecule has 90 valence electrons. The second-order valence-corrected chi connectivity index (χ2v) is 4.66. The zero-order chi connectivity index (χ0) is 12.0. The minimum Gasteiger partial charge on any atom is -0.478 e. The molecule has 1 atom stereocenters. The van der Waals surface area contributed by atoms with Crippen LogP contribution in [0.25, 0.3) is 0 Å². The van der Waals surface area contributed by atoms with Crippen LogP contribution in [0, 0.1) is 5.92 Å². The van der Waals surface area contributed by atoms with Gasteiger partial charge in [-0.05, 0) is 30.5 Å². The summed E-state index contributed by atoms with van der Waals surface area (Å²) in [7, 11) is 0. The van der Waals surface area contributed by atoms with E-state index in [1.54, 1.807) is 0 Å². The molecule has 0 radical (unpaired) electrons. The fourth-order valence-electron chi connectivity index (χ4n) is 1.44. The summed E-state index contributed by atoms with van der Waals surface area (Å²) < 4.78 is 5.12. The fraction of sp³-hybridized carbons (Fsp3) is 0.545. The average molecular weight is 243 g/mol. The first-order valence-electron chi connectivity index (χ1n) is 5.14. The topological polar surface area (TPSA) is 62.5 Å². The van der Waals surface area contributed by atoms with Crippen molar-refractivity contribution in [3.63, 3.8) is 0 Å². The third-order valence-electron chi connectivity index (χ3n) is 2.21. The zero-order valence-corrected chi connectivity index (χ0v) is 10.3. The maximum absolute atomic E-state index is 10.8. The first-order chi connectivity index (χ1) is 7.65. The lowest BCUT2D eigenvalue weighted by Crippen LogP contribution is -2.22. The number of rotatable bonds is 7. The molecule has 0 aliphatic heterocycles. The summed E-state index contributed by atoms with van der Waals surface area (Å²) in [6, 6.07) is 1.48. The molecule has 1 aromatic rings. The number of furan rings is 1. The van der Waals surface area contributed by atoms with E-state index >= 15 is 0 Å². The molecule has 0 saturated carbocycles. The fourth-order valence-corrected chi connectivity index (χ4v) is 2.13. The Labute approximate surface area is 99.4 Å². The van der Waals surface area contributed by atoms with E-state index in [-0.39, 0.29) is 5.56 Å². The molecule has 4 nitrogen and oxygen atoms in total. The molecule has 0 saturated heterocycles. The summed E-state index contributed by atoms with van der Waals surface area (Å²) in [5.74, 6) is 1.21. The average Bonchev–Trinajstić information content (AvgIpc) is 2.66. The van der Waals surface area contributed by atoms with Gasteiger partial charge in [0.15, 0.2) is 0 Å². The number of thioether (sulfide) groups is 1. The van der Waals surface area contributed by atoms with E-state index in [0.717, 1.165) is 12.3 Å². The van der Waals surface area contributed by atoms with Crippen LogP contribution in [0.15, 0.2) is 16.7 Å². The number of carboxylic acids is 1. The van der Waals surface area contributed by atoms with Crippen molar-refractivity contribution in [2.24, 2.45) is 5.92 Å². The second-order valence-electron chi connectivity index (χ2n) is 3.75. The number of carboxylic acid groups (broad SMARTS) is 1. The maximum atomic E-state index is 10.8. The van der Waals surface area contributed by atoms with Gasteiger partial charge >= 0.3 is 5.97 Å². The van der Waals surface area contributed by atoms with E-state index in [1.165, 1.54) is 12.3 Å². The molecule has 0 spiro atoms. The molecule has 1 unspecified atom stereocenters. The lowest BCUT2D eigenvalue weighted by Gasteiger charge is -2.10. The smallest absolute Gasteiger partial charge is 0.339 e. The summed E-state index contributed by atoms with van der Waals surface area (Å²) in [4.78, 5) is 10.8. The molecule has 0 bridgehead atoms. The molecule has 5 heteroatoms. The predicted molar refractivity (Wildman–Crippen MR) is 64.9 cm³/mol. The lowest BCUT2D eigenvalue weighted by molar-refractivity contribution is 0.0694. The SMILES string of the molecule is CSCC(C)CNCc1occc1C(=O)O. The Morgan fingerprint density at radius 3 is 3.06 bits per heavy atom. The molecule has 16 heavy (non-hydrogen) atoms. The highest BCUT2D eigenvalue weighted by atomic mass is 32.2. The number of hydrogen-bond acceptors (Lipinski definition) is 4. The van der Waals surface area contributed by atoms with Crippen molar-refractivity contribution >= 4 is 17.7 Å². The van der Waals surface area contributed by atoms with E-state index in [0.29, 0.717) is 18.2 Å². The Morgan fingerprint density at radius 1 is 1.69 bits per heavy atom. The van der Waals surface area contributed by atoms with Gasteiger partial charge in [0.25, 0.3) is 0 Å². The van der Waals surface area contributed by atoms with Crippen LogP contribution in [0.3, 0.4) is 0 Å². The van der Waals surface area contributed by atoms with Crippen molar-refractivity contribution in [2.45, 2.75) is 13.5 Å². The molecule has 1 aromatic heterocycles. The first-order valence-corrected chi connectivity index (χ1v) is 6.53. The van der Waals surface area contributed by atoms with Gasteiger partial charge in [-0.2, -0.15) is 11.8 Å². The molecule has 0 fully saturated rings. The third-order valence-corrected chi connectivity index (χ3v) is 3.11. The molecular weight excluding hydrogens is 226 g/mol. The maximum Gasteiger partial charge on any atom is 0.339 e. The summed E-state index contributed by atoms with van der Waals surface area (Å²) >= 11 is 1.81. The summed E-state index contributed by atoms with van der Waals surface area (Å²) in [6.45, 7) is 3.48. The number of hydrogen-bond donors (Lipinski definition) is 2. The van der Waals surface area contributed by atoms with Gasteiger partial charge in [-0.1, -0.05) is 6.92 Å². The highest BCUT2D eigenvalue weighted by Crippen LogP contribution is 2.10. The Balaban J connectivity index is 2.37. The van der Waals surface area contributed by atoms with Gasteiger partial charge in [0.1, 0.15) is 11.3 Å². The molecule has 0 amide bonds. The van der Waals surface area contributed by atoms with Crippen molar-refractivity contribution in [2.75, 3.05) is 18.6 Å². The van der Waals surface area contributed by atoms with Crippen LogP contribution in [-0.4, -0.2) is 29.6 Å². The molecule has 0 aliphatic rings. The highest BCUT2D eigenvalue weighted by molar-refractivity contribution is 7.98. The van der Waals surface area contributed by atoms with Crippen molar-refractivity contribution < 1.29 is 14.3 Å². The van der Waals surface area contributed by atoms with Crippen molar-refractivity contribution in [1.29, 1.82) is 0 Å². The molecule has 1 rings (SSSR count). The van der Waals surface area contributed by atoms with Gasteiger partial charge in [0.2, 0.25) is 0 Å². The molecular formula is C11H17NO3S. The largest absolute Gasteiger partial charge is 0.478 e. The van der Waals surface area contributed by atoms with E-state index in [9.17, 15) is 4.79 Å². The highest BCUT2D eigenvalue weighted by Gasteiger charge is 2.12. The van der Waals surface area contributed by atoms with Crippen LogP contribution >= 0.6 is 11.8 Å². The summed E-state index contributed by atoms with van der Waals surface area (Å²) in [6.07, 6.45) is 3.48. The summed E-state index contributed by atoms with van der Waals surface area (Å²) in [5, 5.41) is 12.1. The van der Waals surface area contributed by atoms with Gasteiger partial charge in [-0.25, -0.2) is 4.79 Å². The van der Waals surface area contributed by atoms with Crippen LogP contribution in [0.5, 0.6) is 0 Å². The van der Waals surface area contributed by atoms with E-state index in [4.69, 9.17) is 9.52 Å². The quantitative estimate of drug-likeness (QED) is 0.767. The minimum atomic E-state index is -0.942. The van der Waals surface area contributed by atoms with Gasteiger partial charge < -0.3 is 14.8 Å². The Hall–Kier alpha value is -0.940. The van der Waals surface area contributed by atoms with E-state index in [2.05, 4.69) is 18.5 Å². The van der Waals surface area contributed by atoms with Crippen LogP contribution in [0.2, 0.25) is 0 Å². The van der Waals surface area contributed by atoms with Crippen molar-refractivity contribution in [3.05, 3.63) is 23.7 Å². The standard InChI is InChI=1S/C11H17NO3S/c1-8(7-16-2)5-12-6-10-9(11(13)14)3-4-15-10/h3-4,8,12H,5-7H2,1-2H3,(H,13,14). The Morgan fingerprint density at radius 2 is 2.44 bits per heavy atom. The minimum absolute atomic E-state index is 0.241. The first kappa shape index (κ1) is 13.1. The number of carbonyl (C=O) groups is 1. The number of aromatic carboxylic acids is 1. The molecule has 0 aliphatic carbocycles.